The Kier molecular flexibility index (Phi) is 5.56. The first-order valence-corrected chi connectivity index (χ1v) is 7.50. The van der Waals surface area contributed by atoms with Crippen LogP contribution in [0.3, 0.4) is 0 Å². The number of hydrogen-bond acceptors (Lipinski definition) is 5. The second-order valence-corrected chi connectivity index (χ2v) is 5.76. The largest absolute Gasteiger partial charge is 0.465 e. The molecule has 1 rings (SSSR count). The summed E-state index contributed by atoms with van der Waals surface area (Å²) in [5.41, 5.74) is 7.13. The van der Waals surface area contributed by atoms with Crippen molar-refractivity contribution in [3.8, 4) is 0 Å². The van der Waals surface area contributed by atoms with Gasteiger partial charge in [0.05, 0.1) is 17.7 Å². The molecule has 6 heteroatoms. The van der Waals surface area contributed by atoms with Gasteiger partial charge in [0, 0.05) is 13.1 Å². The lowest BCUT2D eigenvalue weighted by Crippen LogP contribution is -2.31. The molecule has 0 aromatic carbocycles. The lowest BCUT2D eigenvalue weighted by atomic mass is 9.97. The second kappa shape index (κ2) is 6.74. The topological polar surface area (TPSA) is 72.6 Å². The number of nitrogens with zero attached hydrogens (tertiary/aromatic N) is 1. The number of ether oxygens (including phenoxy) is 1. The summed E-state index contributed by atoms with van der Waals surface area (Å²) in [5.74, 6) is -0.543. The smallest absolute Gasteiger partial charge is 0.348 e. The molecular weight excluding hydrogens is 276 g/mol. The highest BCUT2D eigenvalue weighted by Gasteiger charge is 2.29. The monoisotopic (exact) mass is 298 g/mol. The van der Waals surface area contributed by atoms with Crippen molar-refractivity contribution >= 4 is 28.2 Å². The third-order valence-electron chi connectivity index (χ3n) is 3.19. The summed E-state index contributed by atoms with van der Waals surface area (Å²) in [6.45, 7) is 8.92. The molecule has 0 unspecified atom stereocenters. The lowest BCUT2D eigenvalue weighted by molar-refractivity contribution is 0.0604. The van der Waals surface area contributed by atoms with Crippen molar-refractivity contribution in [2.75, 3.05) is 25.9 Å². The third kappa shape index (κ3) is 2.95. The van der Waals surface area contributed by atoms with Crippen molar-refractivity contribution in [3.63, 3.8) is 0 Å². The zero-order valence-corrected chi connectivity index (χ0v) is 13.5. The van der Waals surface area contributed by atoms with Gasteiger partial charge in [0.25, 0.3) is 5.91 Å². The van der Waals surface area contributed by atoms with Gasteiger partial charge in [-0.25, -0.2) is 4.79 Å². The number of carbonyl (C=O) groups is 2. The van der Waals surface area contributed by atoms with Crippen LogP contribution in [-0.4, -0.2) is 37.0 Å². The summed E-state index contributed by atoms with van der Waals surface area (Å²) < 4.78 is 4.78. The van der Waals surface area contributed by atoms with E-state index in [4.69, 9.17) is 10.5 Å². The molecule has 2 N–H and O–H groups in total. The van der Waals surface area contributed by atoms with Crippen molar-refractivity contribution < 1.29 is 14.3 Å². The molecule has 1 aromatic rings. The zero-order valence-electron chi connectivity index (χ0n) is 12.6. The number of rotatable bonds is 5. The lowest BCUT2D eigenvalue weighted by Gasteiger charge is -2.20. The van der Waals surface area contributed by atoms with Gasteiger partial charge < -0.3 is 15.4 Å². The average molecular weight is 298 g/mol. The van der Waals surface area contributed by atoms with E-state index in [1.807, 2.05) is 27.7 Å². The van der Waals surface area contributed by atoms with Crippen LogP contribution in [0.25, 0.3) is 0 Å². The highest BCUT2D eigenvalue weighted by atomic mass is 32.1. The van der Waals surface area contributed by atoms with Crippen LogP contribution in [0.1, 0.15) is 59.2 Å². The number of nitrogens with two attached hydrogens (primary N) is 1. The third-order valence-corrected chi connectivity index (χ3v) is 4.20. The molecule has 0 aliphatic heterocycles. The van der Waals surface area contributed by atoms with E-state index in [1.54, 1.807) is 4.90 Å². The maximum atomic E-state index is 12.6. The number of methoxy groups -OCH3 is 1. The number of amides is 1. The van der Waals surface area contributed by atoms with Gasteiger partial charge in [0.15, 0.2) is 0 Å². The molecule has 20 heavy (non-hydrogen) atoms. The Labute approximate surface area is 123 Å². The maximum Gasteiger partial charge on any atom is 0.348 e. The summed E-state index contributed by atoms with van der Waals surface area (Å²) in [6.07, 6.45) is 0. The van der Waals surface area contributed by atoms with E-state index in [2.05, 4.69) is 0 Å². The van der Waals surface area contributed by atoms with Crippen LogP contribution in [0.4, 0.5) is 5.00 Å². The molecule has 0 bridgehead atoms. The van der Waals surface area contributed by atoms with Gasteiger partial charge in [-0.15, -0.1) is 11.3 Å². The van der Waals surface area contributed by atoms with Gasteiger partial charge in [-0.1, -0.05) is 13.8 Å². The zero-order chi connectivity index (χ0) is 15.4. The fourth-order valence-corrected chi connectivity index (χ4v) is 3.28. The molecule has 1 aromatic heterocycles. The SMILES string of the molecule is CCN(CC)C(=O)c1c(N)sc(C(=O)OC)c1C(C)C. The first-order chi connectivity index (χ1) is 9.38. The van der Waals surface area contributed by atoms with Gasteiger partial charge in [-0.3, -0.25) is 4.79 Å². The molecule has 5 nitrogen and oxygen atoms in total. The van der Waals surface area contributed by atoms with Crippen LogP contribution < -0.4 is 5.73 Å². The highest BCUT2D eigenvalue weighted by molar-refractivity contribution is 7.18. The predicted molar refractivity (Wildman–Crippen MR) is 81.4 cm³/mol. The Hall–Kier alpha value is -1.56. The van der Waals surface area contributed by atoms with Crippen LogP contribution in [0.15, 0.2) is 0 Å². The quantitative estimate of drug-likeness (QED) is 0.848. The summed E-state index contributed by atoms with van der Waals surface area (Å²) in [6, 6.07) is 0. The Balaban J connectivity index is 3.43. The molecule has 0 aliphatic carbocycles. The van der Waals surface area contributed by atoms with Crippen LogP contribution in [0.2, 0.25) is 0 Å². The average Bonchev–Trinajstić information content (AvgIpc) is 2.76. The van der Waals surface area contributed by atoms with E-state index < -0.39 is 5.97 Å². The first-order valence-electron chi connectivity index (χ1n) is 6.68. The molecule has 1 amide bonds. The van der Waals surface area contributed by atoms with E-state index in [9.17, 15) is 9.59 Å². The molecule has 0 saturated heterocycles. The number of nitrogen functional groups attached to an aromatic ring is 1. The van der Waals surface area contributed by atoms with Crippen molar-refractivity contribution in [2.24, 2.45) is 0 Å². The van der Waals surface area contributed by atoms with E-state index in [-0.39, 0.29) is 11.8 Å². The first kappa shape index (κ1) is 16.5. The minimum Gasteiger partial charge on any atom is -0.465 e. The van der Waals surface area contributed by atoms with E-state index in [0.717, 1.165) is 11.3 Å². The van der Waals surface area contributed by atoms with Crippen molar-refractivity contribution in [2.45, 2.75) is 33.6 Å². The molecular formula is C14H22N2O3S. The highest BCUT2D eigenvalue weighted by Crippen LogP contribution is 2.37. The number of anilines is 1. The fourth-order valence-electron chi connectivity index (χ4n) is 2.15. The molecule has 0 aliphatic rings. The Bertz CT molecular complexity index is 505. The van der Waals surface area contributed by atoms with E-state index in [0.29, 0.717) is 34.1 Å². The minimum atomic E-state index is -0.441. The fraction of sp³-hybridized carbons (Fsp3) is 0.571. The molecule has 1 heterocycles. The van der Waals surface area contributed by atoms with Crippen molar-refractivity contribution in [1.29, 1.82) is 0 Å². The Morgan fingerprint density at radius 2 is 1.85 bits per heavy atom. The van der Waals surface area contributed by atoms with Crippen LogP contribution in [0, 0.1) is 0 Å². The van der Waals surface area contributed by atoms with Crippen LogP contribution in [-0.2, 0) is 4.74 Å². The molecule has 0 atom stereocenters. The van der Waals surface area contributed by atoms with Gasteiger partial charge in [0.1, 0.15) is 4.88 Å². The maximum absolute atomic E-state index is 12.6. The molecule has 0 saturated carbocycles. The number of carbonyl (C=O) groups excluding carboxylic acids is 2. The second-order valence-electron chi connectivity index (χ2n) is 4.71. The number of esters is 1. The minimum absolute atomic E-state index is 0.0205. The molecule has 112 valence electrons. The summed E-state index contributed by atoms with van der Waals surface area (Å²) >= 11 is 1.12. The van der Waals surface area contributed by atoms with Gasteiger partial charge in [0.2, 0.25) is 0 Å². The van der Waals surface area contributed by atoms with Gasteiger partial charge in [-0.05, 0) is 25.3 Å². The van der Waals surface area contributed by atoms with Gasteiger partial charge >= 0.3 is 5.97 Å². The number of hydrogen-bond donors (Lipinski definition) is 1. The normalized spacial score (nSPS) is 10.7. The molecule has 0 radical (unpaired) electrons. The standard InChI is InChI=1S/C14H22N2O3S/c1-6-16(7-2)13(17)10-9(8(3)4)11(14(18)19-5)20-12(10)15/h8H,6-7,15H2,1-5H3. The summed E-state index contributed by atoms with van der Waals surface area (Å²) in [5, 5.41) is 0.381. The van der Waals surface area contributed by atoms with E-state index in [1.165, 1.54) is 7.11 Å². The Morgan fingerprint density at radius 3 is 2.25 bits per heavy atom. The molecule has 0 fully saturated rings. The Morgan fingerprint density at radius 1 is 1.30 bits per heavy atom. The summed E-state index contributed by atoms with van der Waals surface area (Å²) in [7, 11) is 1.33. The molecule has 0 spiro atoms. The number of thiophene rings is 1. The van der Waals surface area contributed by atoms with Gasteiger partial charge in [-0.2, -0.15) is 0 Å². The van der Waals surface area contributed by atoms with Crippen LogP contribution >= 0.6 is 11.3 Å². The predicted octanol–water partition coefficient (Wildman–Crippen LogP) is 2.72. The van der Waals surface area contributed by atoms with E-state index >= 15 is 0 Å². The summed E-state index contributed by atoms with van der Waals surface area (Å²) in [4.78, 5) is 26.5. The van der Waals surface area contributed by atoms with Crippen molar-refractivity contribution in [1.82, 2.24) is 4.90 Å². The van der Waals surface area contributed by atoms with Crippen LogP contribution in [0.5, 0.6) is 0 Å². The van der Waals surface area contributed by atoms with Crippen molar-refractivity contribution in [3.05, 3.63) is 16.0 Å².